The number of amidine groups is 1. The molecule has 1 aliphatic heterocycles. The van der Waals surface area contributed by atoms with Crippen LogP contribution in [0.2, 0.25) is 5.02 Å². The van der Waals surface area contributed by atoms with Gasteiger partial charge in [-0.1, -0.05) is 53.7 Å². The van der Waals surface area contributed by atoms with Gasteiger partial charge in [0.2, 0.25) is 0 Å². The van der Waals surface area contributed by atoms with Crippen LogP contribution in [0.4, 0.5) is 5.69 Å². The van der Waals surface area contributed by atoms with E-state index in [-0.39, 0.29) is 12.5 Å². The SMILES string of the molecule is C[C@@H](SC1=NCC(=O)N1c1ccccc1Cl)C(=O)NNC(=O)c1ccccc1. The molecule has 0 spiro atoms. The van der Waals surface area contributed by atoms with Crippen molar-refractivity contribution >= 4 is 51.9 Å². The number of anilines is 1. The number of benzene rings is 2. The number of thioether (sulfide) groups is 1. The Labute approximate surface area is 171 Å². The van der Waals surface area contributed by atoms with Crippen LogP contribution in [0, 0.1) is 0 Å². The maximum absolute atomic E-state index is 12.3. The maximum Gasteiger partial charge on any atom is 0.269 e. The molecule has 0 radical (unpaired) electrons. The van der Waals surface area contributed by atoms with Crippen LogP contribution in [0.1, 0.15) is 17.3 Å². The topological polar surface area (TPSA) is 90.9 Å². The molecule has 0 saturated heterocycles. The first-order valence-corrected chi connectivity index (χ1v) is 9.67. The summed E-state index contributed by atoms with van der Waals surface area (Å²) in [7, 11) is 0. The van der Waals surface area contributed by atoms with Gasteiger partial charge in [0, 0.05) is 5.56 Å². The third kappa shape index (κ3) is 4.52. The number of halogens is 1. The number of nitrogens with one attached hydrogen (secondary N) is 2. The van der Waals surface area contributed by atoms with Gasteiger partial charge in [-0.05, 0) is 31.2 Å². The van der Waals surface area contributed by atoms with Crippen molar-refractivity contribution in [3.05, 3.63) is 65.2 Å². The highest BCUT2D eigenvalue weighted by Crippen LogP contribution is 2.31. The summed E-state index contributed by atoms with van der Waals surface area (Å²) in [4.78, 5) is 42.2. The molecule has 2 N–H and O–H groups in total. The molecule has 0 fully saturated rings. The van der Waals surface area contributed by atoms with Crippen LogP contribution in [0.5, 0.6) is 0 Å². The van der Waals surface area contributed by atoms with E-state index in [2.05, 4.69) is 15.8 Å². The number of hydrogen-bond acceptors (Lipinski definition) is 5. The molecule has 1 atom stereocenters. The van der Waals surface area contributed by atoms with Crippen LogP contribution >= 0.6 is 23.4 Å². The summed E-state index contributed by atoms with van der Waals surface area (Å²) in [5, 5.41) is 0.194. The molecule has 0 bridgehead atoms. The monoisotopic (exact) mass is 416 g/mol. The van der Waals surface area contributed by atoms with Crippen molar-refractivity contribution in [2.24, 2.45) is 4.99 Å². The van der Waals surface area contributed by atoms with Crippen molar-refractivity contribution in [1.29, 1.82) is 0 Å². The fourth-order valence-electron chi connectivity index (χ4n) is 2.44. The molecule has 28 heavy (non-hydrogen) atoms. The number of hydrogen-bond donors (Lipinski definition) is 2. The summed E-state index contributed by atoms with van der Waals surface area (Å²) >= 11 is 7.30. The Bertz CT molecular complexity index is 936. The van der Waals surface area contributed by atoms with E-state index in [1.807, 2.05) is 0 Å². The van der Waals surface area contributed by atoms with Crippen LogP contribution in [-0.2, 0) is 9.59 Å². The quantitative estimate of drug-likeness (QED) is 0.749. The third-order valence-corrected chi connectivity index (χ3v) is 5.28. The molecule has 1 heterocycles. The number of hydrazine groups is 1. The number of para-hydroxylation sites is 1. The van der Waals surface area contributed by atoms with Gasteiger partial charge in [-0.3, -0.25) is 35.1 Å². The molecule has 3 rings (SSSR count). The fraction of sp³-hybridized carbons (Fsp3) is 0.158. The predicted octanol–water partition coefficient (Wildman–Crippen LogP) is 2.63. The Kier molecular flexibility index (Phi) is 6.33. The summed E-state index contributed by atoms with van der Waals surface area (Å²) < 4.78 is 0. The minimum atomic E-state index is -0.606. The van der Waals surface area contributed by atoms with E-state index >= 15 is 0 Å². The van der Waals surface area contributed by atoms with E-state index in [1.165, 1.54) is 4.90 Å². The van der Waals surface area contributed by atoms with Gasteiger partial charge in [-0.15, -0.1) is 0 Å². The van der Waals surface area contributed by atoms with Crippen molar-refractivity contribution in [3.63, 3.8) is 0 Å². The first kappa shape index (κ1) is 19.9. The Hall–Kier alpha value is -2.84. The average Bonchev–Trinajstić information content (AvgIpc) is 3.06. The molecule has 0 saturated carbocycles. The van der Waals surface area contributed by atoms with Gasteiger partial charge in [0.15, 0.2) is 5.17 Å². The highest BCUT2D eigenvalue weighted by molar-refractivity contribution is 8.15. The molecule has 144 valence electrons. The smallest absolute Gasteiger partial charge is 0.269 e. The second-order valence-electron chi connectivity index (χ2n) is 5.85. The lowest BCUT2D eigenvalue weighted by atomic mass is 10.2. The predicted molar refractivity (Wildman–Crippen MR) is 110 cm³/mol. The molecule has 9 heteroatoms. The first-order chi connectivity index (χ1) is 13.5. The maximum atomic E-state index is 12.3. The molecule has 1 aliphatic rings. The molecule has 2 aromatic carbocycles. The van der Waals surface area contributed by atoms with Gasteiger partial charge < -0.3 is 0 Å². The number of carbonyl (C=O) groups is 3. The van der Waals surface area contributed by atoms with Gasteiger partial charge in [-0.2, -0.15) is 0 Å². The summed E-state index contributed by atoms with van der Waals surface area (Å²) in [5.74, 6) is -1.06. The van der Waals surface area contributed by atoms with E-state index in [0.717, 1.165) is 11.8 Å². The van der Waals surface area contributed by atoms with Crippen molar-refractivity contribution in [2.45, 2.75) is 12.2 Å². The molecule has 0 aliphatic carbocycles. The van der Waals surface area contributed by atoms with Gasteiger partial charge in [0.1, 0.15) is 6.54 Å². The van der Waals surface area contributed by atoms with Crippen molar-refractivity contribution in [3.8, 4) is 0 Å². The van der Waals surface area contributed by atoms with Gasteiger partial charge in [-0.25, -0.2) is 0 Å². The van der Waals surface area contributed by atoms with Crippen molar-refractivity contribution in [1.82, 2.24) is 10.9 Å². The summed E-state index contributed by atoms with van der Waals surface area (Å²) in [5.41, 5.74) is 5.71. The molecule has 7 nitrogen and oxygen atoms in total. The Balaban J connectivity index is 1.61. The fourth-order valence-corrected chi connectivity index (χ4v) is 3.58. The minimum absolute atomic E-state index is 0.00730. The Morgan fingerprint density at radius 1 is 1.11 bits per heavy atom. The van der Waals surface area contributed by atoms with E-state index in [4.69, 9.17) is 11.6 Å². The lowest BCUT2D eigenvalue weighted by Crippen LogP contribution is -2.45. The zero-order chi connectivity index (χ0) is 20.1. The second kappa shape index (κ2) is 8.90. The van der Waals surface area contributed by atoms with E-state index in [0.29, 0.717) is 21.4 Å². The first-order valence-electron chi connectivity index (χ1n) is 8.41. The third-order valence-electron chi connectivity index (χ3n) is 3.87. The lowest BCUT2D eigenvalue weighted by molar-refractivity contribution is -0.121. The number of carbonyl (C=O) groups excluding carboxylic acids is 3. The molecule has 2 aromatic rings. The molecule has 3 amide bonds. The van der Waals surface area contributed by atoms with Crippen LogP contribution in [-0.4, -0.2) is 34.7 Å². The minimum Gasteiger partial charge on any atom is -0.272 e. The largest absolute Gasteiger partial charge is 0.272 e. The van der Waals surface area contributed by atoms with Gasteiger partial charge >= 0.3 is 0 Å². The zero-order valence-electron chi connectivity index (χ0n) is 14.9. The molecular formula is C19H17ClN4O3S. The number of amides is 3. The summed E-state index contributed by atoms with van der Waals surface area (Å²) in [6, 6.07) is 15.5. The number of rotatable bonds is 4. The summed E-state index contributed by atoms with van der Waals surface area (Å²) in [6.07, 6.45) is 0. The van der Waals surface area contributed by atoms with Crippen molar-refractivity contribution in [2.75, 3.05) is 11.4 Å². The van der Waals surface area contributed by atoms with Gasteiger partial charge in [0.05, 0.1) is 16.0 Å². The van der Waals surface area contributed by atoms with Crippen LogP contribution < -0.4 is 15.8 Å². The Morgan fingerprint density at radius 3 is 2.50 bits per heavy atom. The number of aliphatic imine (C=N–C) groups is 1. The number of nitrogens with zero attached hydrogens (tertiary/aromatic N) is 2. The van der Waals surface area contributed by atoms with Crippen LogP contribution in [0.25, 0.3) is 0 Å². The van der Waals surface area contributed by atoms with Gasteiger partial charge in [0.25, 0.3) is 17.7 Å². The van der Waals surface area contributed by atoms with Crippen molar-refractivity contribution < 1.29 is 14.4 Å². The van der Waals surface area contributed by atoms with E-state index in [1.54, 1.807) is 61.5 Å². The molecular weight excluding hydrogens is 400 g/mol. The highest BCUT2D eigenvalue weighted by Gasteiger charge is 2.31. The molecule has 0 unspecified atom stereocenters. The van der Waals surface area contributed by atoms with Crippen LogP contribution in [0.3, 0.4) is 0 Å². The zero-order valence-corrected chi connectivity index (χ0v) is 16.5. The average molecular weight is 417 g/mol. The second-order valence-corrected chi connectivity index (χ2v) is 7.56. The Morgan fingerprint density at radius 2 is 1.79 bits per heavy atom. The van der Waals surface area contributed by atoms with E-state index in [9.17, 15) is 14.4 Å². The lowest BCUT2D eigenvalue weighted by Gasteiger charge is -2.21. The molecule has 0 aromatic heterocycles. The van der Waals surface area contributed by atoms with Crippen LogP contribution in [0.15, 0.2) is 59.6 Å². The van der Waals surface area contributed by atoms with E-state index < -0.39 is 17.1 Å². The normalized spacial score (nSPS) is 14.4. The highest BCUT2D eigenvalue weighted by atomic mass is 35.5. The summed E-state index contributed by atoms with van der Waals surface area (Å²) in [6.45, 7) is 1.65. The standard InChI is InChI=1S/C19H17ClN4O3S/c1-12(17(26)22-23-18(27)13-7-3-2-4-8-13)28-19-21-11-16(25)24(19)15-10-6-5-9-14(15)20/h2-10,12H,11H2,1H3,(H,22,26)(H,23,27)/t12-/m1/s1.